The first-order valence-corrected chi connectivity index (χ1v) is 6.65. The van der Waals surface area contributed by atoms with Gasteiger partial charge in [0.25, 0.3) is 0 Å². The summed E-state index contributed by atoms with van der Waals surface area (Å²) in [6.07, 6.45) is 0.113. The Labute approximate surface area is 133 Å². The zero-order valence-electron chi connectivity index (χ0n) is 11.6. The molecule has 0 aromatic heterocycles. The van der Waals surface area contributed by atoms with Gasteiger partial charge in [0.1, 0.15) is 0 Å². The monoisotopic (exact) mass is 367 g/mol. The average molecular weight is 369 g/mol. The molecule has 0 unspecified atom stereocenters. The van der Waals surface area contributed by atoms with Gasteiger partial charge in [-0.1, -0.05) is 15.9 Å². The van der Waals surface area contributed by atoms with E-state index < -0.39 is 6.04 Å². The second-order valence-corrected chi connectivity index (χ2v) is 4.70. The molecule has 1 aromatic rings. The third-order valence-corrected chi connectivity index (χ3v) is 3.28. The van der Waals surface area contributed by atoms with Crippen molar-refractivity contribution in [1.82, 2.24) is 0 Å². The molecular weight excluding hydrogens is 350 g/mol. The van der Waals surface area contributed by atoms with E-state index in [1.54, 1.807) is 33.3 Å². The van der Waals surface area contributed by atoms with Gasteiger partial charge in [-0.25, -0.2) is 0 Å². The number of carbonyl (C=O) groups excluding carboxylic acids is 1. The van der Waals surface area contributed by atoms with Crippen molar-refractivity contribution in [2.75, 3.05) is 20.8 Å². The Hall–Kier alpha value is -0.980. The summed E-state index contributed by atoms with van der Waals surface area (Å²) < 4.78 is 16.1. The first-order valence-electron chi connectivity index (χ1n) is 5.86. The van der Waals surface area contributed by atoms with Crippen molar-refractivity contribution in [2.24, 2.45) is 5.73 Å². The van der Waals surface area contributed by atoms with Crippen LogP contribution >= 0.6 is 28.3 Å². The van der Waals surface area contributed by atoms with Crippen molar-refractivity contribution in [3.05, 3.63) is 22.2 Å². The summed E-state index contributed by atoms with van der Waals surface area (Å²) in [4.78, 5) is 11.4. The molecule has 1 aromatic carbocycles. The van der Waals surface area contributed by atoms with Crippen molar-refractivity contribution in [2.45, 2.75) is 19.4 Å². The number of carbonyl (C=O) groups is 1. The molecule has 5 nitrogen and oxygen atoms in total. The summed E-state index contributed by atoms with van der Waals surface area (Å²) in [7, 11) is 3.11. The fraction of sp³-hybridized carbons (Fsp3) is 0.462. The highest BCUT2D eigenvalue weighted by Crippen LogP contribution is 2.36. The average Bonchev–Trinajstić information content (AvgIpc) is 2.38. The van der Waals surface area contributed by atoms with Crippen LogP contribution in [0.4, 0.5) is 0 Å². The molecular formula is C13H19BrClNO4. The predicted molar refractivity (Wildman–Crippen MR) is 82.7 cm³/mol. The van der Waals surface area contributed by atoms with E-state index in [0.29, 0.717) is 18.1 Å². The maximum absolute atomic E-state index is 11.4. The van der Waals surface area contributed by atoms with Crippen LogP contribution in [0.15, 0.2) is 16.6 Å². The van der Waals surface area contributed by atoms with E-state index in [9.17, 15) is 4.79 Å². The molecule has 0 aliphatic heterocycles. The second kappa shape index (κ2) is 9.05. The van der Waals surface area contributed by atoms with Crippen molar-refractivity contribution in [3.63, 3.8) is 0 Å². The maximum Gasteiger partial charge on any atom is 0.307 e. The second-order valence-electron chi connectivity index (χ2n) is 3.84. The molecule has 0 fully saturated rings. The molecule has 0 saturated carbocycles. The van der Waals surface area contributed by atoms with Crippen LogP contribution in [0.1, 0.15) is 24.9 Å². The molecule has 0 spiro atoms. The van der Waals surface area contributed by atoms with Crippen molar-refractivity contribution >= 4 is 34.3 Å². The fourth-order valence-electron chi connectivity index (χ4n) is 1.66. The highest BCUT2D eigenvalue weighted by molar-refractivity contribution is 9.10. The van der Waals surface area contributed by atoms with Crippen molar-refractivity contribution in [3.8, 4) is 11.5 Å². The third kappa shape index (κ3) is 4.85. The molecule has 0 radical (unpaired) electrons. The van der Waals surface area contributed by atoms with Gasteiger partial charge in [-0.3, -0.25) is 4.79 Å². The van der Waals surface area contributed by atoms with Gasteiger partial charge < -0.3 is 19.9 Å². The summed E-state index contributed by atoms with van der Waals surface area (Å²) in [5.74, 6) is 0.846. The molecule has 1 rings (SSSR count). The van der Waals surface area contributed by atoms with Crippen LogP contribution in [-0.4, -0.2) is 26.8 Å². The Balaban J connectivity index is 0.00000361. The van der Waals surface area contributed by atoms with Crippen LogP contribution in [0.3, 0.4) is 0 Å². The number of benzene rings is 1. The Bertz CT molecular complexity index is 456. The fourth-order valence-corrected chi connectivity index (χ4v) is 2.28. The van der Waals surface area contributed by atoms with Gasteiger partial charge in [-0.05, 0) is 24.6 Å². The van der Waals surface area contributed by atoms with Crippen molar-refractivity contribution in [1.29, 1.82) is 0 Å². The summed E-state index contributed by atoms with van der Waals surface area (Å²) in [6.45, 7) is 2.11. The molecule has 2 N–H and O–H groups in total. The molecule has 0 amide bonds. The summed E-state index contributed by atoms with van der Waals surface area (Å²) in [5, 5.41) is 0. The third-order valence-electron chi connectivity index (χ3n) is 2.59. The summed E-state index contributed by atoms with van der Waals surface area (Å²) in [6, 6.07) is 3.06. The first-order chi connectivity index (χ1) is 9.03. The summed E-state index contributed by atoms with van der Waals surface area (Å²) in [5.41, 5.74) is 6.78. The van der Waals surface area contributed by atoms with E-state index in [0.717, 1.165) is 10.0 Å². The molecule has 0 bridgehead atoms. The number of halogens is 2. The van der Waals surface area contributed by atoms with Crippen LogP contribution in [0.25, 0.3) is 0 Å². The van der Waals surface area contributed by atoms with Gasteiger partial charge in [0.2, 0.25) is 0 Å². The van der Waals surface area contributed by atoms with E-state index in [-0.39, 0.29) is 24.8 Å². The van der Waals surface area contributed by atoms with E-state index >= 15 is 0 Å². The van der Waals surface area contributed by atoms with Crippen LogP contribution in [0.5, 0.6) is 11.5 Å². The van der Waals surface area contributed by atoms with Gasteiger partial charge in [0, 0.05) is 10.5 Å². The Kier molecular flexibility index (Phi) is 8.60. The van der Waals surface area contributed by atoms with Crippen LogP contribution < -0.4 is 15.2 Å². The van der Waals surface area contributed by atoms with E-state index in [1.165, 1.54) is 0 Å². The van der Waals surface area contributed by atoms with Gasteiger partial charge in [0.05, 0.1) is 27.2 Å². The Morgan fingerprint density at radius 3 is 2.35 bits per heavy atom. The summed E-state index contributed by atoms with van der Waals surface area (Å²) >= 11 is 3.41. The molecule has 0 aliphatic rings. The maximum atomic E-state index is 11.4. The standard InChI is InChI=1S/C13H18BrNO4.ClH/c1-4-19-13(16)7-10(15)8-5-11(17-2)12(18-3)6-9(8)14;/h5-6,10H,4,7,15H2,1-3H3;1H/t10-;/m0./s1. The van der Waals surface area contributed by atoms with Gasteiger partial charge in [-0.15, -0.1) is 12.4 Å². The predicted octanol–water partition coefficient (Wildman–Crippen LogP) is 2.84. The van der Waals surface area contributed by atoms with Crippen LogP contribution in [0.2, 0.25) is 0 Å². The molecule has 20 heavy (non-hydrogen) atoms. The van der Waals surface area contributed by atoms with Gasteiger partial charge >= 0.3 is 5.97 Å². The molecule has 114 valence electrons. The Morgan fingerprint density at radius 2 is 1.85 bits per heavy atom. The lowest BCUT2D eigenvalue weighted by Gasteiger charge is -2.16. The zero-order valence-corrected chi connectivity index (χ0v) is 14.0. The molecule has 0 saturated heterocycles. The highest BCUT2D eigenvalue weighted by atomic mass is 79.9. The number of esters is 1. The van der Waals surface area contributed by atoms with E-state index in [1.807, 2.05) is 0 Å². The number of hydrogen-bond acceptors (Lipinski definition) is 5. The smallest absolute Gasteiger partial charge is 0.307 e. The minimum atomic E-state index is -0.465. The number of hydrogen-bond donors (Lipinski definition) is 1. The van der Waals surface area contributed by atoms with E-state index in [2.05, 4.69) is 15.9 Å². The first kappa shape index (κ1) is 19.0. The van der Waals surface area contributed by atoms with Gasteiger partial charge in [0.15, 0.2) is 11.5 Å². The quantitative estimate of drug-likeness (QED) is 0.782. The lowest BCUT2D eigenvalue weighted by atomic mass is 10.0. The number of nitrogens with two attached hydrogens (primary N) is 1. The van der Waals surface area contributed by atoms with Gasteiger partial charge in [-0.2, -0.15) is 0 Å². The molecule has 1 atom stereocenters. The van der Waals surface area contributed by atoms with Crippen LogP contribution in [0, 0.1) is 0 Å². The Morgan fingerprint density at radius 1 is 1.30 bits per heavy atom. The molecule has 0 aliphatic carbocycles. The normalized spacial score (nSPS) is 11.2. The highest BCUT2D eigenvalue weighted by Gasteiger charge is 2.18. The minimum absolute atomic E-state index is 0. The molecule has 7 heteroatoms. The van der Waals surface area contributed by atoms with E-state index in [4.69, 9.17) is 19.9 Å². The van der Waals surface area contributed by atoms with Crippen molar-refractivity contribution < 1.29 is 19.0 Å². The number of methoxy groups -OCH3 is 2. The minimum Gasteiger partial charge on any atom is -0.493 e. The SMILES string of the molecule is CCOC(=O)C[C@H](N)c1cc(OC)c(OC)cc1Br.Cl. The zero-order chi connectivity index (χ0) is 14.4. The number of rotatable bonds is 6. The lowest BCUT2D eigenvalue weighted by molar-refractivity contribution is -0.143. The topological polar surface area (TPSA) is 70.8 Å². The largest absolute Gasteiger partial charge is 0.493 e. The van der Waals surface area contributed by atoms with Crippen LogP contribution in [-0.2, 0) is 9.53 Å². The molecule has 0 heterocycles. The number of ether oxygens (including phenoxy) is 3. The lowest BCUT2D eigenvalue weighted by Crippen LogP contribution is -2.17.